The van der Waals surface area contributed by atoms with E-state index >= 15 is 0 Å². The molecule has 5 heteroatoms. The minimum Gasteiger partial charge on any atom is -0.496 e. The van der Waals surface area contributed by atoms with E-state index in [1.165, 1.54) is 0 Å². The molecule has 0 saturated carbocycles. The van der Waals surface area contributed by atoms with Crippen molar-refractivity contribution >= 4 is 11.6 Å². The van der Waals surface area contributed by atoms with Crippen LogP contribution in [0.1, 0.15) is 12.0 Å². The first-order valence-electron chi connectivity index (χ1n) is 6.35. The number of methoxy groups -OCH3 is 2. The first kappa shape index (κ1) is 14.6. The molecular formula is C14H20ClNO3. The molecule has 1 aliphatic heterocycles. The number of ether oxygens (including phenoxy) is 3. The van der Waals surface area contributed by atoms with Gasteiger partial charge in [-0.15, -0.1) is 0 Å². The fourth-order valence-corrected chi connectivity index (χ4v) is 2.47. The summed E-state index contributed by atoms with van der Waals surface area (Å²) < 4.78 is 16.3. The van der Waals surface area contributed by atoms with Crippen molar-refractivity contribution in [2.24, 2.45) is 0 Å². The Hall–Kier alpha value is -0.810. The molecule has 1 N–H and O–H groups in total. The summed E-state index contributed by atoms with van der Waals surface area (Å²) in [6.45, 7) is 2.84. The zero-order valence-electron chi connectivity index (χ0n) is 11.4. The molecule has 0 aromatic heterocycles. The standard InChI is InChI=1S/C14H20ClNO3/c1-17-13-4-3-12(15)7-11(13)8-16-9-14(18-2)5-6-19-10-14/h3-4,7,16H,5-6,8-10H2,1-2H3. The van der Waals surface area contributed by atoms with Gasteiger partial charge in [0, 0.05) is 43.8 Å². The second-order valence-corrected chi connectivity index (χ2v) is 5.19. The number of hydrogen-bond acceptors (Lipinski definition) is 4. The van der Waals surface area contributed by atoms with Gasteiger partial charge in [0.15, 0.2) is 0 Å². The van der Waals surface area contributed by atoms with Crippen LogP contribution in [0, 0.1) is 0 Å². The van der Waals surface area contributed by atoms with Gasteiger partial charge in [-0.05, 0) is 18.2 Å². The largest absolute Gasteiger partial charge is 0.496 e. The van der Waals surface area contributed by atoms with Gasteiger partial charge in [0.2, 0.25) is 0 Å². The van der Waals surface area contributed by atoms with Crippen LogP contribution in [0.15, 0.2) is 18.2 Å². The van der Waals surface area contributed by atoms with Crippen LogP contribution in [0.3, 0.4) is 0 Å². The molecule has 106 valence electrons. The zero-order chi connectivity index (χ0) is 13.7. The molecule has 1 fully saturated rings. The van der Waals surface area contributed by atoms with Crippen molar-refractivity contribution in [2.45, 2.75) is 18.6 Å². The zero-order valence-corrected chi connectivity index (χ0v) is 12.1. The lowest BCUT2D eigenvalue weighted by atomic mass is 10.0. The van der Waals surface area contributed by atoms with Crippen LogP contribution in [0.2, 0.25) is 5.02 Å². The fourth-order valence-electron chi connectivity index (χ4n) is 2.27. The Kier molecular flexibility index (Phi) is 5.05. The van der Waals surface area contributed by atoms with Crippen LogP contribution >= 0.6 is 11.6 Å². The van der Waals surface area contributed by atoms with Gasteiger partial charge in [-0.2, -0.15) is 0 Å². The average molecular weight is 286 g/mol. The highest BCUT2D eigenvalue weighted by Gasteiger charge is 2.34. The van der Waals surface area contributed by atoms with Crippen LogP contribution in [-0.2, 0) is 16.0 Å². The SMILES string of the molecule is COc1ccc(Cl)cc1CNCC1(OC)CCOC1. The molecular weight excluding hydrogens is 266 g/mol. The van der Waals surface area contributed by atoms with E-state index in [4.69, 9.17) is 25.8 Å². The molecule has 2 rings (SSSR count). The van der Waals surface area contributed by atoms with E-state index in [0.29, 0.717) is 18.2 Å². The molecule has 1 aromatic carbocycles. The summed E-state index contributed by atoms with van der Waals surface area (Å²) in [5.74, 6) is 0.839. The summed E-state index contributed by atoms with van der Waals surface area (Å²) in [6, 6.07) is 5.62. The van der Waals surface area contributed by atoms with Crippen molar-refractivity contribution in [3.05, 3.63) is 28.8 Å². The van der Waals surface area contributed by atoms with E-state index in [0.717, 1.165) is 30.9 Å². The van der Waals surface area contributed by atoms with E-state index in [1.54, 1.807) is 14.2 Å². The third-order valence-corrected chi connectivity index (χ3v) is 3.74. The van der Waals surface area contributed by atoms with Gasteiger partial charge in [0.1, 0.15) is 11.4 Å². The van der Waals surface area contributed by atoms with Gasteiger partial charge in [0.05, 0.1) is 13.7 Å². The minimum atomic E-state index is -0.203. The highest BCUT2D eigenvalue weighted by atomic mass is 35.5. The first-order valence-corrected chi connectivity index (χ1v) is 6.73. The lowest BCUT2D eigenvalue weighted by Crippen LogP contribution is -2.42. The third-order valence-electron chi connectivity index (χ3n) is 3.51. The van der Waals surface area contributed by atoms with Crippen molar-refractivity contribution in [2.75, 3.05) is 34.0 Å². The Labute approximate surface area is 119 Å². The molecule has 0 amide bonds. The first-order chi connectivity index (χ1) is 9.19. The van der Waals surface area contributed by atoms with E-state index in [1.807, 2.05) is 18.2 Å². The van der Waals surface area contributed by atoms with Gasteiger partial charge >= 0.3 is 0 Å². The summed E-state index contributed by atoms with van der Waals surface area (Å²) in [7, 11) is 3.39. The van der Waals surface area contributed by atoms with Crippen LogP contribution < -0.4 is 10.1 Å². The van der Waals surface area contributed by atoms with E-state index < -0.39 is 0 Å². The quantitative estimate of drug-likeness (QED) is 0.870. The number of benzene rings is 1. The van der Waals surface area contributed by atoms with Crippen LogP contribution in [0.25, 0.3) is 0 Å². The van der Waals surface area contributed by atoms with Gasteiger partial charge in [-0.3, -0.25) is 0 Å². The Balaban J connectivity index is 1.93. The monoisotopic (exact) mass is 285 g/mol. The normalized spacial score (nSPS) is 22.7. The predicted octanol–water partition coefficient (Wildman–Crippen LogP) is 2.24. The third kappa shape index (κ3) is 3.60. The number of nitrogens with one attached hydrogen (secondary N) is 1. The van der Waals surface area contributed by atoms with E-state index in [9.17, 15) is 0 Å². The molecule has 0 spiro atoms. The molecule has 1 heterocycles. The summed E-state index contributed by atoms with van der Waals surface area (Å²) in [4.78, 5) is 0. The van der Waals surface area contributed by atoms with Gasteiger partial charge in [0.25, 0.3) is 0 Å². The molecule has 19 heavy (non-hydrogen) atoms. The summed E-state index contributed by atoms with van der Waals surface area (Å²) in [6.07, 6.45) is 0.920. The highest BCUT2D eigenvalue weighted by molar-refractivity contribution is 6.30. The van der Waals surface area contributed by atoms with Crippen molar-refractivity contribution in [3.63, 3.8) is 0 Å². The Morgan fingerprint density at radius 3 is 2.89 bits per heavy atom. The van der Waals surface area contributed by atoms with Crippen molar-refractivity contribution in [1.82, 2.24) is 5.32 Å². The predicted molar refractivity (Wildman–Crippen MR) is 74.9 cm³/mol. The second kappa shape index (κ2) is 6.57. The second-order valence-electron chi connectivity index (χ2n) is 4.75. The van der Waals surface area contributed by atoms with Gasteiger partial charge in [-0.1, -0.05) is 11.6 Å². The molecule has 4 nitrogen and oxygen atoms in total. The molecule has 0 radical (unpaired) electrons. The smallest absolute Gasteiger partial charge is 0.123 e. The molecule has 1 aliphatic rings. The van der Waals surface area contributed by atoms with E-state index in [2.05, 4.69) is 5.32 Å². The maximum Gasteiger partial charge on any atom is 0.123 e. The Morgan fingerprint density at radius 1 is 1.42 bits per heavy atom. The lowest BCUT2D eigenvalue weighted by Gasteiger charge is -2.26. The Morgan fingerprint density at radius 2 is 2.26 bits per heavy atom. The molecule has 0 aliphatic carbocycles. The average Bonchev–Trinajstić information content (AvgIpc) is 2.88. The molecule has 1 aromatic rings. The summed E-state index contributed by atoms with van der Waals surface area (Å²) in [5, 5.41) is 4.11. The van der Waals surface area contributed by atoms with Crippen molar-refractivity contribution in [3.8, 4) is 5.75 Å². The van der Waals surface area contributed by atoms with Crippen molar-refractivity contribution in [1.29, 1.82) is 0 Å². The number of rotatable bonds is 6. The number of hydrogen-bond donors (Lipinski definition) is 1. The summed E-state index contributed by atoms with van der Waals surface area (Å²) >= 11 is 6.01. The maximum atomic E-state index is 6.01. The highest BCUT2D eigenvalue weighted by Crippen LogP contribution is 2.24. The molecule has 1 saturated heterocycles. The topological polar surface area (TPSA) is 39.7 Å². The molecule has 1 unspecified atom stereocenters. The van der Waals surface area contributed by atoms with E-state index in [-0.39, 0.29) is 5.60 Å². The maximum absolute atomic E-state index is 6.01. The minimum absolute atomic E-state index is 0.203. The van der Waals surface area contributed by atoms with Gasteiger partial charge < -0.3 is 19.5 Å². The lowest BCUT2D eigenvalue weighted by molar-refractivity contribution is -0.0159. The van der Waals surface area contributed by atoms with Gasteiger partial charge in [-0.25, -0.2) is 0 Å². The fraction of sp³-hybridized carbons (Fsp3) is 0.571. The summed E-state index contributed by atoms with van der Waals surface area (Å²) in [5.41, 5.74) is 0.839. The molecule has 0 bridgehead atoms. The Bertz CT molecular complexity index is 419. The molecule has 1 atom stereocenters. The number of halogens is 1. The van der Waals surface area contributed by atoms with Crippen LogP contribution in [-0.4, -0.2) is 39.6 Å². The van der Waals surface area contributed by atoms with Crippen LogP contribution in [0.4, 0.5) is 0 Å². The van der Waals surface area contributed by atoms with Crippen LogP contribution in [0.5, 0.6) is 5.75 Å². The van der Waals surface area contributed by atoms with Crippen molar-refractivity contribution < 1.29 is 14.2 Å².